The van der Waals surface area contributed by atoms with E-state index in [1.807, 2.05) is 38.1 Å². The van der Waals surface area contributed by atoms with E-state index in [1.54, 1.807) is 12.1 Å². The van der Waals surface area contributed by atoms with Crippen LogP contribution < -0.4 is 11.1 Å². The highest BCUT2D eigenvalue weighted by molar-refractivity contribution is 5.90. The Morgan fingerprint density at radius 1 is 1.22 bits per heavy atom. The van der Waals surface area contributed by atoms with Crippen molar-refractivity contribution < 1.29 is 9.18 Å². The first-order valence-corrected chi connectivity index (χ1v) is 8.79. The Balaban J connectivity index is 1.73. The largest absolute Gasteiger partial charge is 0.399 e. The fraction of sp³-hybridized carbons (Fsp3) is 0.250. The molecule has 3 rings (SSSR count). The quantitative estimate of drug-likeness (QED) is 0.656. The molecule has 2 aromatic carbocycles. The molecule has 1 aromatic heterocycles. The van der Waals surface area contributed by atoms with Gasteiger partial charge in [0, 0.05) is 18.2 Å². The second-order valence-corrected chi connectivity index (χ2v) is 6.59. The van der Waals surface area contributed by atoms with Gasteiger partial charge in [-0.15, -0.1) is 5.10 Å². The number of carbonyl (C=O) groups is 1. The molecule has 6 nitrogen and oxygen atoms in total. The third-order valence-electron chi connectivity index (χ3n) is 4.08. The summed E-state index contributed by atoms with van der Waals surface area (Å²) in [5.74, 6) is -0.0312. The zero-order chi connectivity index (χ0) is 19.4. The summed E-state index contributed by atoms with van der Waals surface area (Å²) >= 11 is 0. The number of halogens is 1. The van der Waals surface area contributed by atoms with Gasteiger partial charge in [0.1, 0.15) is 11.6 Å². The molecule has 0 saturated carbocycles. The number of hydrogen-bond acceptors (Lipinski definition) is 4. The zero-order valence-electron chi connectivity index (χ0n) is 15.3. The molecule has 3 aromatic rings. The summed E-state index contributed by atoms with van der Waals surface area (Å²) < 4.78 is 15.1. The highest BCUT2D eigenvalue weighted by atomic mass is 19.1. The highest BCUT2D eigenvalue weighted by Gasteiger charge is 2.19. The lowest BCUT2D eigenvalue weighted by Crippen LogP contribution is -2.27. The number of nitrogen functional groups attached to an aromatic ring is 1. The lowest BCUT2D eigenvalue weighted by atomic mass is 10.1. The number of rotatable bonds is 6. The maximum atomic E-state index is 13.6. The Bertz CT molecular complexity index is 934. The van der Waals surface area contributed by atoms with Crippen LogP contribution in [0, 0.1) is 5.82 Å². The Morgan fingerprint density at radius 3 is 2.63 bits per heavy atom. The van der Waals surface area contributed by atoms with Crippen LogP contribution in [0.2, 0.25) is 0 Å². The van der Waals surface area contributed by atoms with E-state index >= 15 is 0 Å². The number of nitrogens with one attached hydrogen (secondary N) is 1. The van der Waals surface area contributed by atoms with Gasteiger partial charge >= 0.3 is 0 Å². The zero-order valence-corrected chi connectivity index (χ0v) is 15.3. The second kappa shape index (κ2) is 7.99. The highest BCUT2D eigenvalue weighted by Crippen LogP contribution is 2.18. The maximum Gasteiger partial charge on any atom is 0.290 e. The lowest BCUT2D eigenvalue weighted by Gasteiger charge is -2.07. The first kappa shape index (κ1) is 18.6. The topological polar surface area (TPSA) is 85.8 Å². The standard InChI is InChI=1S/C20H22FN5O/c1-13(2)19-24-18(25-26(19)17-5-3-4-15(21)12-17)20(27)23-11-10-14-6-8-16(22)9-7-14/h3-9,12-13H,10-11,22H2,1-2H3,(H,23,27). The predicted octanol–water partition coefficient (Wildman–Crippen LogP) is 3.08. The van der Waals surface area contributed by atoms with E-state index in [9.17, 15) is 9.18 Å². The van der Waals surface area contributed by atoms with Crippen molar-refractivity contribution in [1.82, 2.24) is 20.1 Å². The molecule has 0 fully saturated rings. The van der Waals surface area contributed by atoms with Crippen molar-refractivity contribution in [2.75, 3.05) is 12.3 Å². The van der Waals surface area contributed by atoms with Crippen LogP contribution in [-0.2, 0) is 6.42 Å². The van der Waals surface area contributed by atoms with Crippen molar-refractivity contribution in [3.05, 3.63) is 71.6 Å². The van der Waals surface area contributed by atoms with Crippen molar-refractivity contribution in [3.8, 4) is 5.69 Å². The first-order valence-electron chi connectivity index (χ1n) is 8.79. The van der Waals surface area contributed by atoms with Gasteiger partial charge < -0.3 is 11.1 Å². The molecule has 1 heterocycles. The maximum absolute atomic E-state index is 13.6. The van der Waals surface area contributed by atoms with E-state index in [0.717, 1.165) is 5.56 Å². The van der Waals surface area contributed by atoms with Crippen LogP contribution in [0.5, 0.6) is 0 Å². The van der Waals surface area contributed by atoms with Crippen LogP contribution in [-0.4, -0.2) is 27.2 Å². The Kier molecular flexibility index (Phi) is 5.49. The van der Waals surface area contributed by atoms with E-state index < -0.39 is 0 Å². The SMILES string of the molecule is CC(C)c1nc(C(=O)NCCc2ccc(N)cc2)nn1-c1cccc(F)c1. The number of amides is 1. The van der Waals surface area contributed by atoms with Gasteiger partial charge in [-0.2, -0.15) is 0 Å². The van der Waals surface area contributed by atoms with Crippen LogP contribution in [0.4, 0.5) is 10.1 Å². The minimum absolute atomic E-state index is 0.0251. The van der Waals surface area contributed by atoms with Gasteiger partial charge in [0.15, 0.2) is 0 Å². The average molecular weight is 367 g/mol. The van der Waals surface area contributed by atoms with Gasteiger partial charge in [-0.05, 0) is 42.3 Å². The minimum Gasteiger partial charge on any atom is -0.399 e. The summed E-state index contributed by atoms with van der Waals surface area (Å²) in [5.41, 5.74) is 7.98. The third kappa shape index (κ3) is 4.49. The average Bonchev–Trinajstić information content (AvgIpc) is 3.09. The number of hydrogen-bond donors (Lipinski definition) is 2. The van der Waals surface area contributed by atoms with E-state index in [1.165, 1.54) is 16.8 Å². The molecule has 0 aliphatic heterocycles. The van der Waals surface area contributed by atoms with Crippen molar-refractivity contribution in [1.29, 1.82) is 0 Å². The number of anilines is 1. The number of aromatic nitrogens is 3. The summed E-state index contributed by atoms with van der Waals surface area (Å²) in [5, 5.41) is 7.11. The van der Waals surface area contributed by atoms with Gasteiger partial charge in [0.2, 0.25) is 5.82 Å². The lowest BCUT2D eigenvalue weighted by molar-refractivity contribution is 0.0944. The van der Waals surface area contributed by atoms with Crippen LogP contribution in [0.25, 0.3) is 5.69 Å². The molecule has 7 heteroatoms. The molecular weight excluding hydrogens is 345 g/mol. The molecule has 27 heavy (non-hydrogen) atoms. The summed E-state index contributed by atoms with van der Waals surface area (Å²) in [6.07, 6.45) is 0.674. The normalized spacial score (nSPS) is 11.0. The van der Waals surface area contributed by atoms with E-state index in [-0.39, 0.29) is 23.5 Å². The molecule has 0 saturated heterocycles. The molecule has 3 N–H and O–H groups in total. The second-order valence-electron chi connectivity index (χ2n) is 6.59. The van der Waals surface area contributed by atoms with E-state index in [0.29, 0.717) is 30.2 Å². The Hall–Kier alpha value is -3.22. The van der Waals surface area contributed by atoms with Gasteiger partial charge in [-0.25, -0.2) is 14.1 Å². The summed E-state index contributed by atoms with van der Waals surface area (Å²) in [6, 6.07) is 13.6. The number of carbonyl (C=O) groups excluding carboxylic acids is 1. The minimum atomic E-state index is -0.368. The third-order valence-corrected chi connectivity index (χ3v) is 4.08. The van der Waals surface area contributed by atoms with Gasteiger partial charge in [-0.1, -0.05) is 32.0 Å². The molecule has 0 atom stereocenters. The van der Waals surface area contributed by atoms with Gasteiger partial charge in [-0.3, -0.25) is 4.79 Å². The van der Waals surface area contributed by atoms with Crippen LogP contribution in [0.1, 0.15) is 41.8 Å². The van der Waals surface area contributed by atoms with Crippen LogP contribution >= 0.6 is 0 Å². The number of nitrogens with two attached hydrogens (primary N) is 1. The number of benzene rings is 2. The van der Waals surface area contributed by atoms with Gasteiger partial charge in [0.05, 0.1) is 5.69 Å². The van der Waals surface area contributed by atoms with Crippen LogP contribution in [0.3, 0.4) is 0 Å². The van der Waals surface area contributed by atoms with Crippen molar-refractivity contribution in [3.63, 3.8) is 0 Å². The van der Waals surface area contributed by atoms with E-state index in [2.05, 4.69) is 15.4 Å². The monoisotopic (exact) mass is 367 g/mol. The first-order chi connectivity index (χ1) is 12.9. The molecular formula is C20H22FN5O. The van der Waals surface area contributed by atoms with E-state index in [4.69, 9.17) is 5.73 Å². The fourth-order valence-electron chi connectivity index (χ4n) is 2.68. The summed E-state index contributed by atoms with van der Waals surface area (Å²) in [7, 11) is 0. The Morgan fingerprint density at radius 2 is 1.96 bits per heavy atom. The summed E-state index contributed by atoms with van der Waals surface area (Å²) in [4.78, 5) is 16.8. The summed E-state index contributed by atoms with van der Waals surface area (Å²) in [6.45, 7) is 4.35. The van der Waals surface area contributed by atoms with Crippen molar-refractivity contribution in [2.45, 2.75) is 26.2 Å². The molecule has 0 spiro atoms. The molecule has 0 bridgehead atoms. The van der Waals surface area contributed by atoms with Crippen LogP contribution in [0.15, 0.2) is 48.5 Å². The molecule has 0 unspecified atom stereocenters. The van der Waals surface area contributed by atoms with Crippen molar-refractivity contribution in [2.24, 2.45) is 0 Å². The van der Waals surface area contributed by atoms with Crippen molar-refractivity contribution >= 4 is 11.6 Å². The fourth-order valence-corrected chi connectivity index (χ4v) is 2.68. The Labute approximate surface area is 157 Å². The molecule has 0 radical (unpaired) electrons. The molecule has 1 amide bonds. The smallest absolute Gasteiger partial charge is 0.290 e. The number of nitrogens with zero attached hydrogens (tertiary/aromatic N) is 3. The molecule has 0 aliphatic rings. The van der Waals surface area contributed by atoms with Gasteiger partial charge in [0.25, 0.3) is 5.91 Å². The molecule has 0 aliphatic carbocycles. The molecule has 140 valence electrons. The predicted molar refractivity (Wildman–Crippen MR) is 102 cm³/mol.